The lowest BCUT2D eigenvalue weighted by Crippen LogP contribution is -1.99. The minimum atomic E-state index is -0.419. The maximum absolute atomic E-state index is 14.1. The third-order valence-electron chi connectivity index (χ3n) is 2.68. The SMILES string of the molecule is COc1cc(C)cc(-c2cnn(C)c2N)c1F. The van der Waals surface area contributed by atoms with Crippen LogP contribution in [0.3, 0.4) is 0 Å². The molecule has 0 aliphatic rings. The predicted octanol–water partition coefficient (Wildman–Crippen LogP) is 2.13. The van der Waals surface area contributed by atoms with E-state index < -0.39 is 5.82 Å². The molecule has 0 aliphatic carbocycles. The van der Waals surface area contributed by atoms with E-state index in [0.29, 0.717) is 16.9 Å². The van der Waals surface area contributed by atoms with Crippen LogP contribution in [0, 0.1) is 12.7 Å². The van der Waals surface area contributed by atoms with Crippen LogP contribution < -0.4 is 10.5 Å². The molecule has 17 heavy (non-hydrogen) atoms. The number of nitrogens with two attached hydrogens (primary N) is 1. The highest BCUT2D eigenvalue weighted by Crippen LogP contribution is 2.33. The molecule has 0 saturated heterocycles. The van der Waals surface area contributed by atoms with Crippen molar-refractivity contribution in [2.75, 3.05) is 12.8 Å². The van der Waals surface area contributed by atoms with Crippen molar-refractivity contribution >= 4 is 5.82 Å². The number of anilines is 1. The first-order valence-corrected chi connectivity index (χ1v) is 5.16. The number of aryl methyl sites for hydroxylation is 2. The van der Waals surface area contributed by atoms with Gasteiger partial charge in [0.15, 0.2) is 11.6 Å². The van der Waals surface area contributed by atoms with E-state index in [0.717, 1.165) is 5.56 Å². The summed E-state index contributed by atoms with van der Waals surface area (Å²) in [6, 6.07) is 3.37. The van der Waals surface area contributed by atoms with Gasteiger partial charge < -0.3 is 10.5 Å². The Bertz CT molecular complexity index is 563. The van der Waals surface area contributed by atoms with Crippen molar-refractivity contribution in [3.05, 3.63) is 29.7 Å². The van der Waals surface area contributed by atoms with Crippen LogP contribution in [0.4, 0.5) is 10.2 Å². The minimum absolute atomic E-state index is 0.211. The van der Waals surface area contributed by atoms with Crippen LogP contribution in [0.15, 0.2) is 18.3 Å². The molecule has 0 radical (unpaired) electrons. The van der Waals surface area contributed by atoms with Crippen molar-refractivity contribution in [2.24, 2.45) is 7.05 Å². The van der Waals surface area contributed by atoms with Crippen LogP contribution in [-0.2, 0) is 7.05 Å². The van der Waals surface area contributed by atoms with Gasteiger partial charge in [-0.3, -0.25) is 4.68 Å². The quantitative estimate of drug-likeness (QED) is 0.867. The number of methoxy groups -OCH3 is 1. The number of ether oxygens (including phenoxy) is 1. The Morgan fingerprint density at radius 3 is 2.59 bits per heavy atom. The van der Waals surface area contributed by atoms with E-state index in [2.05, 4.69) is 5.10 Å². The van der Waals surface area contributed by atoms with E-state index in [1.807, 2.05) is 6.92 Å². The van der Waals surface area contributed by atoms with Crippen molar-refractivity contribution < 1.29 is 9.13 Å². The van der Waals surface area contributed by atoms with Gasteiger partial charge in [-0.1, -0.05) is 0 Å². The fourth-order valence-corrected chi connectivity index (χ4v) is 1.73. The second kappa shape index (κ2) is 4.08. The topological polar surface area (TPSA) is 53.1 Å². The number of nitrogens with zero attached hydrogens (tertiary/aromatic N) is 2. The maximum Gasteiger partial charge on any atom is 0.173 e. The average Bonchev–Trinajstić information content (AvgIpc) is 2.63. The standard InChI is InChI=1S/C12H14FN3O/c1-7-4-8(11(13)10(5-7)17-3)9-6-15-16(2)12(9)14/h4-6H,14H2,1-3H3. The van der Waals surface area contributed by atoms with Crippen LogP contribution in [-0.4, -0.2) is 16.9 Å². The Morgan fingerprint density at radius 1 is 1.35 bits per heavy atom. The first kappa shape index (κ1) is 11.4. The molecule has 0 bridgehead atoms. The molecule has 0 spiro atoms. The summed E-state index contributed by atoms with van der Waals surface area (Å²) in [6.07, 6.45) is 1.55. The Morgan fingerprint density at radius 2 is 2.06 bits per heavy atom. The Balaban J connectivity index is 2.67. The van der Waals surface area contributed by atoms with Gasteiger partial charge in [-0.25, -0.2) is 4.39 Å². The minimum Gasteiger partial charge on any atom is -0.494 e. The predicted molar refractivity (Wildman–Crippen MR) is 64.3 cm³/mol. The molecule has 0 fully saturated rings. The molecule has 2 aromatic rings. The zero-order valence-electron chi connectivity index (χ0n) is 9.99. The van der Waals surface area contributed by atoms with Gasteiger partial charge in [0.2, 0.25) is 0 Å². The smallest absolute Gasteiger partial charge is 0.173 e. The summed E-state index contributed by atoms with van der Waals surface area (Å²) in [5, 5.41) is 4.00. The highest BCUT2D eigenvalue weighted by Gasteiger charge is 2.16. The normalized spacial score (nSPS) is 10.6. The van der Waals surface area contributed by atoms with Crippen molar-refractivity contribution in [3.8, 4) is 16.9 Å². The van der Waals surface area contributed by atoms with Crippen LogP contribution in [0.1, 0.15) is 5.56 Å². The van der Waals surface area contributed by atoms with Crippen LogP contribution in [0.2, 0.25) is 0 Å². The number of halogens is 1. The lowest BCUT2D eigenvalue weighted by atomic mass is 10.0. The molecule has 0 atom stereocenters. The molecule has 0 aliphatic heterocycles. The number of nitrogen functional groups attached to an aromatic ring is 1. The van der Waals surface area contributed by atoms with E-state index in [-0.39, 0.29) is 5.75 Å². The second-order valence-corrected chi connectivity index (χ2v) is 3.90. The molecule has 1 heterocycles. The average molecular weight is 235 g/mol. The molecule has 1 aromatic heterocycles. The highest BCUT2D eigenvalue weighted by molar-refractivity contribution is 5.75. The number of hydrogen-bond donors (Lipinski definition) is 1. The summed E-state index contributed by atoms with van der Waals surface area (Å²) >= 11 is 0. The van der Waals surface area contributed by atoms with Crippen LogP contribution in [0.5, 0.6) is 5.75 Å². The van der Waals surface area contributed by atoms with E-state index in [4.69, 9.17) is 10.5 Å². The van der Waals surface area contributed by atoms with Gasteiger partial charge in [-0.2, -0.15) is 5.10 Å². The first-order valence-electron chi connectivity index (χ1n) is 5.16. The molecule has 1 aromatic carbocycles. The molecule has 0 amide bonds. The van der Waals surface area contributed by atoms with E-state index >= 15 is 0 Å². The van der Waals surface area contributed by atoms with E-state index in [1.54, 1.807) is 25.4 Å². The molecule has 4 nitrogen and oxygen atoms in total. The van der Waals surface area contributed by atoms with Gasteiger partial charge in [0.25, 0.3) is 0 Å². The molecule has 90 valence electrons. The molecule has 5 heteroatoms. The van der Waals surface area contributed by atoms with Crippen molar-refractivity contribution in [1.29, 1.82) is 0 Å². The zero-order valence-corrected chi connectivity index (χ0v) is 9.99. The Hall–Kier alpha value is -2.04. The summed E-state index contributed by atoms with van der Waals surface area (Å²) in [7, 11) is 3.15. The maximum atomic E-state index is 14.1. The van der Waals surface area contributed by atoms with Gasteiger partial charge >= 0.3 is 0 Å². The number of rotatable bonds is 2. The summed E-state index contributed by atoms with van der Waals surface area (Å²) < 4.78 is 20.6. The molecule has 2 N–H and O–H groups in total. The Kier molecular flexibility index (Phi) is 2.75. The Labute approximate surface area is 98.8 Å². The monoisotopic (exact) mass is 235 g/mol. The third-order valence-corrected chi connectivity index (χ3v) is 2.68. The molecular formula is C12H14FN3O. The van der Waals surface area contributed by atoms with Crippen molar-refractivity contribution in [3.63, 3.8) is 0 Å². The van der Waals surface area contributed by atoms with Crippen LogP contribution >= 0.6 is 0 Å². The van der Waals surface area contributed by atoms with Gasteiger partial charge in [0.05, 0.1) is 13.3 Å². The number of aromatic nitrogens is 2. The number of hydrogen-bond acceptors (Lipinski definition) is 3. The summed E-state index contributed by atoms with van der Waals surface area (Å²) in [4.78, 5) is 0. The lowest BCUT2D eigenvalue weighted by molar-refractivity contribution is 0.387. The summed E-state index contributed by atoms with van der Waals surface area (Å²) in [5.41, 5.74) is 7.73. The second-order valence-electron chi connectivity index (χ2n) is 3.90. The number of benzene rings is 1. The molecule has 0 unspecified atom stereocenters. The summed E-state index contributed by atoms with van der Waals surface area (Å²) in [6.45, 7) is 1.87. The zero-order chi connectivity index (χ0) is 12.6. The van der Waals surface area contributed by atoms with Crippen molar-refractivity contribution in [1.82, 2.24) is 9.78 Å². The fourth-order valence-electron chi connectivity index (χ4n) is 1.73. The third kappa shape index (κ3) is 1.84. The fraction of sp³-hybridized carbons (Fsp3) is 0.250. The van der Waals surface area contributed by atoms with Crippen LogP contribution in [0.25, 0.3) is 11.1 Å². The van der Waals surface area contributed by atoms with Gasteiger partial charge in [-0.05, 0) is 24.6 Å². The van der Waals surface area contributed by atoms with Gasteiger partial charge in [0, 0.05) is 18.2 Å². The molecule has 0 saturated carbocycles. The van der Waals surface area contributed by atoms with E-state index in [1.165, 1.54) is 11.8 Å². The summed E-state index contributed by atoms with van der Waals surface area (Å²) in [5.74, 6) is 0.220. The van der Waals surface area contributed by atoms with E-state index in [9.17, 15) is 4.39 Å². The highest BCUT2D eigenvalue weighted by atomic mass is 19.1. The van der Waals surface area contributed by atoms with Gasteiger partial charge in [0.1, 0.15) is 5.82 Å². The van der Waals surface area contributed by atoms with Gasteiger partial charge in [-0.15, -0.1) is 0 Å². The molecule has 2 rings (SSSR count). The van der Waals surface area contributed by atoms with Crippen molar-refractivity contribution in [2.45, 2.75) is 6.92 Å². The largest absolute Gasteiger partial charge is 0.494 e. The lowest BCUT2D eigenvalue weighted by Gasteiger charge is -2.08. The first-order chi connectivity index (χ1) is 8.04. The molecular weight excluding hydrogens is 221 g/mol.